The summed E-state index contributed by atoms with van der Waals surface area (Å²) in [5, 5.41) is 0.679. The minimum atomic E-state index is -0.0941. The molecule has 1 aliphatic rings. The highest BCUT2D eigenvalue weighted by atomic mass is 32.2. The van der Waals surface area contributed by atoms with Crippen LogP contribution in [0.5, 0.6) is 0 Å². The van der Waals surface area contributed by atoms with Gasteiger partial charge in [0.15, 0.2) is 0 Å². The molecule has 0 saturated heterocycles. The van der Waals surface area contributed by atoms with Gasteiger partial charge in [-0.1, -0.05) is 18.1 Å². The summed E-state index contributed by atoms with van der Waals surface area (Å²) in [5.74, 6) is 1.56. The van der Waals surface area contributed by atoms with Crippen molar-refractivity contribution in [2.45, 2.75) is 51.7 Å². The molecule has 0 spiro atoms. The number of allylic oxidation sites excluding steroid dienone is 2. The minimum absolute atomic E-state index is 0.0941. The molecular formula is C14H24O2S. The Kier molecular flexibility index (Phi) is 6.10. The lowest BCUT2D eigenvalue weighted by atomic mass is 9.85. The summed E-state index contributed by atoms with van der Waals surface area (Å²) in [5.41, 5.74) is 3.11. The Balaban J connectivity index is 2.40. The van der Waals surface area contributed by atoms with E-state index in [0.29, 0.717) is 11.7 Å². The Labute approximate surface area is 109 Å². The standard InChI is InChI=1S/C14H24O2S/c1-10(2)12-6-5-11(3)13(9-12)17-8-7-14(15)16-4/h11,13H,5-9H2,1-4H3. The number of carbonyl (C=O) groups excluding carboxylic acids is 1. The zero-order chi connectivity index (χ0) is 12.8. The molecule has 0 radical (unpaired) electrons. The van der Waals surface area contributed by atoms with Crippen LogP contribution in [0, 0.1) is 5.92 Å². The summed E-state index contributed by atoms with van der Waals surface area (Å²) in [6.07, 6.45) is 4.29. The van der Waals surface area contributed by atoms with E-state index in [0.717, 1.165) is 11.7 Å². The number of hydrogen-bond donors (Lipinski definition) is 0. The third-order valence-electron chi connectivity index (χ3n) is 3.56. The molecule has 0 amide bonds. The van der Waals surface area contributed by atoms with Gasteiger partial charge < -0.3 is 4.74 Å². The van der Waals surface area contributed by atoms with E-state index in [2.05, 4.69) is 25.5 Å². The highest BCUT2D eigenvalue weighted by molar-refractivity contribution is 7.99. The minimum Gasteiger partial charge on any atom is -0.469 e. The maximum Gasteiger partial charge on any atom is 0.306 e. The van der Waals surface area contributed by atoms with Gasteiger partial charge in [-0.15, -0.1) is 0 Å². The van der Waals surface area contributed by atoms with Crippen molar-refractivity contribution in [1.82, 2.24) is 0 Å². The zero-order valence-corrected chi connectivity index (χ0v) is 12.2. The molecule has 0 aromatic carbocycles. The molecule has 17 heavy (non-hydrogen) atoms. The molecule has 0 N–H and O–H groups in total. The van der Waals surface area contributed by atoms with Gasteiger partial charge in [0.25, 0.3) is 0 Å². The van der Waals surface area contributed by atoms with Gasteiger partial charge in [-0.3, -0.25) is 4.79 Å². The average molecular weight is 256 g/mol. The zero-order valence-electron chi connectivity index (χ0n) is 11.4. The molecule has 0 heterocycles. The van der Waals surface area contributed by atoms with Crippen molar-refractivity contribution < 1.29 is 9.53 Å². The van der Waals surface area contributed by atoms with Crippen LogP contribution in [0.1, 0.15) is 46.5 Å². The SMILES string of the molecule is COC(=O)CCSC1CC(=C(C)C)CCC1C. The van der Waals surface area contributed by atoms with Gasteiger partial charge in [-0.05, 0) is 39.0 Å². The van der Waals surface area contributed by atoms with Crippen LogP contribution in [0.25, 0.3) is 0 Å². The number of hydrogen-bond acceptors (Lipinski definition) is 3. The Morgan fingerprint density at radius 3 is 2.76 bits per heavy atom. The first-order chi connectivity index (χ1) is 8.04. The van der Waals surface area contributed by atoms with Gasteiger partial charge in [0.2, 0.25) is 0 Å². The molecule has 2 unspecified atom stereocenters. The van der Waals surface area contributed by atoms with Gasteiger partial charge in [-0.25, -0.2) is 0 Å². The maximum absolute atomic E-state index is 11.1. The second-order valence-electron chi connectivity index (χ2n) is 5.06. The van der Waals surface area contributed by atoms with Gasteiger partial charge >= 0.3 is 5.97 Å². The van der Waals surface area contributed by atoms with E-state index in [-0.39, 0.29) is 5.97 Å². The molecule has 98 valence electrons. The lowest BCUT2D eigenvalue weighted by Crippen LogP contribution is -2.22. The fraction of sp³-hybridized carbons (Fsp3) is 0.786. The normalized spacial score (nSPS) is 24.6. The smallest absolute Gasteiger partial charge is 0.306 e. The van der Waals surface area contributed by atoms with Crippen LogP contribution in [-0.2, 0) is 9.53 Å². The first-order valence-corrected chi connectivity index (χ1v) is 7.43. The van der Waals surface area contributed by atoms with Crippen LogP contribution in [0.4, 0.5) is 0 Å². The molecule has 1 rings (SSSR count). The molecule has 2 atom stereocenters. The summed E-state index contributed by atoms with van der Waals surface area (Å²) in [4.78, 5) is 11.1. The molecule has 1 saturated carbocycles. The van der Waals surface area contributed by atoms with Gasteiger partial charge in [-0.2, -0.15) is 11.8 Å². The number of esters is 1. The molecule has 3 heteroatoms. The van der Waals surface area contributed by atoms with Gasteiger partial charge in [0.05, 0.1) is 13.5 Å². The summed E-state index contributed by atoms with van der Waals surface area (Å²) >= 11 is 1.94. The monoisotopic (exact) mass is 256 g/mol. The van der Waals surface area contributed by atoms with Gasteiger partial charge in [0, 0.05) is 11.0 Å². The average Bonchev–Trinajstić information content (AvgIpc) is 2.30. The molecule has 0 aliphatic heterocycles. The predicted molar refractivity (Wildman–Crippen MR) is 74.3 cm³/mol. The second-order valence-corrected chi connectivity index (χ2v) is 6.41. The molecule has 0 aromatic rings. The van der Waals surface area contributed by atoms with Crippen LogP contribution in [-0.4, -0.2) is 24.1 Å². The van der Waals surface area contributed by atoms with E-state index >= 15 is 0 Å². The molecular weight excluding hydrogens is 232 g/mol. The summed E-state index contributed by atoms with van der Waals surface area (Å²) in [7, 11) is 1.46. The van der Waals surface area contributed by atoms with Crippen LogP contribution >= 0.6 is 11.8 Å². The summed E-state index contributed by atoms with van der Waals surface area (Å²) in [6, 6.07) is 0. The van der Waals surface area contributed by atoms with Gasteiger partial charge in [0.1, 0.15) is 0 Å². The lowest BCUT2D eigenvalue weighted by molar-refractivity contribution is -0.140. The fourth-order valence-electron chi connectivity index (χ4n) is 2.21. The summed E-state index contributed by atoms with van der Waals surface area (Å²) in [6.45, 7) is 6.75. The quantitative estimate of drug-likeness (QED) is 0.565. The number of thioether (sulfide) groups is 1. The van der Waals surface area contributed by atoms with E-state index in [4.69, 9.17) is 0 Å². The topological polar surface area (TPSA) is 26.3 Å². The van der Waals surface area contributed by atoms with E-state index in [1.54, 1.807) is 5.57 Å². The first-order valence-electron chi connectivity index (χ1n) is 6.38. The number of methoxy groups -OCH3 is 1. The first kappa shape index (κ1) is 14.6. The van der Waals surface area contributed by atoms with Crippen LogP contribution < -0.4 is 0 Å². The largest absolute Gasteiger partial charge is 0.469 e. The van der Waals surface area contributed by atoms with Crippen molar-refractivity contribution in [3.8, 4) is 0 Å². The van der Waals surface area contributed by atoms with Crippen LogP contribution in [0.15, 0.2) is 11.1 Å². The van der Waals surface area contributed by atoms with E-state index < -0.39 is 0 Å². The van der Waals surface area contributed by atoms with Crippen molar-refractivity contribution in [1.29, 1.82) is 0 Å². The summed E-state index contributed by atoms with van der Waals surface area (Å²) < 4.78 is 4.66. The van der Waals surface area contributed by atoms with E-state index in [9.17, 15) is 4.79 Å². The third-order valence-corrected chi connectivity index (χ3v) is 5.06. The Bertz CT molecular complexity index is 293. The third kappa shape index (κ3) is 4.74. The van der Waals surface area contributed by atoms with Crippen LogP contribution in [0.3, 0.4) is 0 Å². The Hall–Kier alpha value is -0.440. The molecule has 1 aliphatic carbocycles. The van der Waals surface area contributed by atoms with Crippen molar-refractivity contribution in [3.05, 3.63) is 11.1 Å². The van der Waals surface area contributed by atoms with Crippen LogP contribution in [0.2, 0.25) is 0 Å². The maximum atomic E-state index is 11.1. The highest BCUT2D eigenvalue weighted by Crippen LogP contribution is 2.37. The van der Waals surface area contributed by atoms with Crippen molar-refractivity contribution in [3.63, 3.8) is 0 Å². The second kappa shape index (κ2) is 7.10. The van der Waals surface area contributed by atoms with Crippen molar-refractivity contribution in [2.75, 3.05) is 12.9 Å². The van der Waals surface area contributed by atoms with Crippen molar-refractivity contribution in [2.24, 2.45) is 5.92 Å². The molecule has 0 aromatic heterocycles. The Morgan fingerprint density at radius 1 is 1.47 bits per heavy atom. The predicted octanol–water partition coefficient (Wildman–Crippen LogP) is 3.81. The number of carbonyl (C=O) groups is 1. The molecule has 2 nitrogen and oxygen atoms in total. The number of ether oxygens (including phenoxy) is 1. The number of rotatable bonds is 4. The molecule has 1 fully saturated rings. The molecule has 0 bridgehead atoms. The van der Waals surface area contributed by atoms with E-state index in [1.807, 2.05) is 11.8 Å². The lowest BCUT2D eigenvalue weighted by Gasteiger charge is -2.31. The Morgan fingerprint density at radius 2 is 2.18 bits per heavy atom. The van der Waals surface area contributed by atoms with E-state index in [1.165, 1.54) is 31.9 Å². The fourth-order valence-corrected chi connectivity index (χ4v) is 3.58. The highest BCUT2D eigenvalue weighted by Gasteiger charge is 2.24. The van der Waals surface area contributed by atoms with Crippen molar-refractivity contribution >= 4 is 17.7 Å².